The van der Waals surface area contributed by atoms with Crippen molar-refractivity contribution in [2.24, 2.45) is 0 Å². The lowest BCUT2D eigenvalue weighted by Gasteiger charge is -2.07. The van der Waals surface area contributed by atoms with Crippen molar-refractivity contribution in [3.05, 3.63) is 12.3 Å². The van der Waals surface area contributed by atoms with Gasteiger partial charge in [-0.2, -0.15) is 5.32 Å². The lowest BCUT2D eigenvalue weighted by atomic mass is 10.6. The quantitative estimate of drug-likeness (QED) is 0.513. The highest BCUT2D eigenvalue weighted by molar-refractivity contribution is 5.74. The zero-order valence-corrected chi connectivity index (χ0v) is 6.01. The molecule has 0 spiro atoms. The summed E-state index contributed by atoms with van der Waals surface area (Å²) >= 11 is 0. The third-order valence-corrected chi connectivity index (χ3v) is 0.669. The Bertz CT molecular complexity index is 129. The molecule has 0 saturated heterocycles. The minimum atomic E-state index is -0.262. The first-order valence-corrected chi connectivity index (χ1v) is 2.62. The molecule has 0 rings (SSSR count). The molecule has 0 aliphatic carbocycles. The molecule has 2 amide bonds. The van der Waals surface area contributed by atoms with Crippen LogP contribution in [0.4, 0.5) is 4.79 Å². The molecule has 0 heterocycles. The summed E-state index contributed by atoms with van der Waals surface area (Å²) in [4.78, 5) is 12.0. The van der Waals surface area contributed by atoms with Gasteiger partial charge in [-0.1, -0.05) is 6.58 Å². The second-order valence-electron chi connectivity index (χ2n) is 2.02. The molecule has 0 bridgehead atoms. The van der Waals surface area contributed by atoms with Crippen LogP contribution in [0.25, 0.3) is 0 Å². The number of hydrogen-bond acceptors (Lipinski definition) is 1. The Labute approximate surface area is 55.3 Å². The van der Waals surface area contributed by atoms with E-state index in [4.69, 9.17) is 0 Å². The van der Waals surface area contributed by atoms with E-state index in [1.165, 1.54) is 4.90 Å². The highest BCUT2D eigenvalue weighted by Crippen LogP contribution is 1.85. The minimum Gasteiger partial charge on any atom is -0.329 e. The standard InChI is InChI=1S/C6H11N2O/c1-5(2)7-6(9)8(3)4/h1H2,2-4H3. The lowest BCUT2D eigenvalue weighted by molar-refractivity contribution is 0.219. The van der Waals surface area contributed by atoms with Crippen molar-refractivity contribution in [3.63, 3.8) is 0 Å². The summed E-state index contributed by atoms with van der Waals surface area (Å²) in [5, 5.41) is 3.57. The Kier molecular flexibility index (Phi) is 2.78. The number of urea groups is 1. The van der Waals surface area contributed by atoms with Gasteiger partial charge in [0.1, 0.15) is 0 Å². The number of rotatable bonds is 1. The summed E-state index contributed by atoms with van der Waals surface area (Å²) in [5.74, 6) is 0. The van der Waals surface area contributed by atoms with E-state index in [0.29, 0.717) is 5.70 Å². The van der Waals surface area contributed by atoms with Gasteiger partial charge in [-0.3, -0.25) is 0 Å². The SMILES string of the molecule is C=C(C)[N]C(=O)N(C)C. The fraction of sp³-hybridized carbons (Fsp3) is 0.500. The molecular weight excluding hydrogens is 116 g/mol. The fourth-order valence-electron chi connectivity index (χ4n) is 0.263. The molecule has 0 N–H and O–H groups in total. The first-order chi connectivity index (χ1) is 4.04. The highest BCUT2D eigenvalue weighted by Gasteiger charge is 2.02. The van der Waals surface area contributed by atoms with Crippen LogP contribution >= 0.6 is 0 Å². The van der Waals surface area contributed by atoms with E-state index >= 15 is 0 Å². The van der Waals surface area contributed by atoms with E-state index in [0.717, 1.165) is 0 Å². The van der Waals surface area contributed by atoms with Crippen molar-refractivity contribution in [3.8, 4) is 0 Å². The van der Waals surface area contributed by atoms with Gasteiger partial charge in [0.05, 0.1) is 0 Å². The number of carbonyl (C=O) groups excluding carboxylic acids is 1. The number of carbonyl (C=O) groups is 1. The van der Waals surface area contributed by atoms with E-state index in [1.54, 1.807) is 21.0 Å². The number of nitrogens with zero attached hydrogens (tertiary/aromatic N) is 2. The van der Waals surface area contributed by atoms with Gasteiger partial charge in [0, 0.05) is 19.8 Å². The molecule has 9 heavy (non-hydrogen) atoms. The summed E-state index contributed by atoms with van der Waals surface area (Å²) in [5.41, 5.74) is 0.536. The molecule has 0 aliphatic heterocycles. The monoisotopic (exact) mass is 127 g/mol. The summed E-state index contributed by atoms with van der Waals surface area (Å²) < 4.78 is 0. The largest absolute Gasteiger partial charge is 0.343 e. The van der Waals surface area contributed by atoms with Crippen LogP contribution < -0.4 is 5.32 Å². The predicted molar refractivity (Wildman–Crippen MR) is 36.0 cm³/mol. The number of allylic oxidation sites excluding steroid dienone is 1. The van der Waals surface area contributed by atoms with Gasteiger partial charge < -0.3 is 4.90 Å². The summed E-state index contributed by atoms with van der Waals surface area (Å²) in [6, 6.07) is -0.262. The maximum absolute atomic E-state index is 10.7. The zero-order valence-electron chi connectivity index (χ0n) is 6.01. The van der Waals surface area contributed by atoms with Gasteiger partial charge in [0.15, 0.2) is 0 Å². The maximum Gasteiger partial charge on any atom is 0.343 e. The van der Waals surface area contributed by atoms with Crippen molar-refractivity contribution in [1.29, 1.82) is 0 Å². The number of hydrogen-bond donors (Lipinski definition) is 0. The lowest BCUT2D eigenvalue weighted by Crippen LogP contribution is -2.27. The fourth-order valence-corrected chi connectivity index (χ4v) is 0.263. The zero-order chi connectivity index (χ0) is 7.44. The normalized spacial score (nSPS) is 8.33. The van der Waals surface area contributed by atoms with Crippen molar-refractivity contribution in [2.45, 2.75) is 6.92 Å². The van der Waals surface area contributed by atoms with Crippen molar-refractivity contribution in [1.82, 2.24) is 10.2 Å². The Morgan fingerprint density at radius 2 is 2.00 bits per heavy atom. The third-order valence-electron chi connectivity index (χ3n) is 0.669. The second-order valence-corrected chi connectivity index (χ2v) is 2.02. The summed E-state index contributed by atoms with van der Waals surface area (Å²) in [7, 11) is 3.30. The molecule has 3 nitrogen and oxygen atoms in total. The van der Waals surface area contributed by atoms with Crippen molar-refractivity contribution < 1.29 is 4.79 Å². The second kappa shape index (κ2) is 3.12. The van der Waals surface area contributed by atoms with Gasteiger partial charge in [-0.25, -0.2) is 4.79 Å². The smallest absolute Gasteiger partial charge is 0.329 e. The van der Waals surface area contributed by atoms with Gasteiger partial charge in [0.2, 0.25) is 0 Å². The Morgan fingerprint density at radius 1 is 1.56 bits per heavy atom. The van der Waals surface area contributed by atoms with Crippen LogP contribution in [0.5, 0.6) is 0 Å². The van der Waals surface area contributed by atoms with Crippen LogP contribution in [0, 0.1) is 0 Å². The van der Waals surface area contributed by atoms with Gasteiger partial charge in [0.25, 0.3) is 0 Å². The predicted octanol–water partition coefficient (Wildman–Crippen LogP) is 0.806. The summed E-state index contributed by atoms with van der Waals surface area (Å²) in [6.07, 6.45) is 0. The van der Waals surface area contributed by atoms with E-state index in [-0.39, 0.29) is 6.03 Å². The van der Waals surface area contributed by atoms with Crippen LogP contribution in [-0.2, 0) is 0 Å². The van der Waals surface area contributed by atoms with E-state index in [1.807, 2.05) is 0 Å². The average molecular weight is 127 g/mol. The van der Waals surface area contributed by atoms with E-state index in [9.17, 15) is 4.79 Å². The first kappa shape index (κ1) is 8.01. The van der Waals surface area contributed by atoms with E-state index in [2.05, 4.69) is 11.9 Å². The number of amides is 2. The minimum absolute atomic E-state index is 0.262. The van der Waals surface area contributed by atoms with E-state index < -0.39 is 0 Å². The van der Waals surface area contributed by atoms with Gasteiger partial charge in [-0.05, 0) is 6.92 Å². The third kappa shape index (κ3) is 3.58. The maximum atomic E-state index is 10.7. The molecule has 0 aromatic carbocycles. The molecule has 51 valence electrons. The molecule has 0 unspecified atom stereocenters. The molecule has 0 aromatic rings. The van der Waals surface area contributed by atoms with Crippen molar-refractivity contribution >= 4 is 6.03 Å². The topological polar surface area (TPSA) is 34.4 Å². The van der Waals surface area contributed by atoms with Crippen LogP contribution in [0.15, 0.2) is 12.3 Å². The van der Waals surface area contributed by atoms with Gasteiger partial charge >= 0.3 is 6.03 Å². The molecule has 3 heteroatoms. The summed E-state index contributed by atoms with van der Waals surface area (Å²) in [6.45, 7) is 5.15. The molecule has 0 atom stereocenters. The van der Waals surface area contributed by atoms with Crippen LogP contribution in [0.1, 0.15) is 6.92 Å². The van der Waals surface area contributed by atoms with Crippen LogP contribution in [0.2, 0.25) is 0 Å². The molecule has 0 saturated carbocycles. The molecule has 0 fully saturated rings. The molecule has 0 aromatic heterocycles. The molecular formula is C6H11N2O. The van der Waals surface area contributed by atoms with Crippen LogP contribution in [-0.4, -0.2) is 25.0 Å². The van der Waals surface area contributed by atoms with Gasteiger partial charge in [-0.15, -0.1) is 0 Å². The Balaban J connectivity index is 3.64. The molecule has 0 aliphatic rings. The Morgan fingerprint density at radius 3 is 2.11 bits per heavy atom. The first-order valence-electron chi connectivity index (χ1n) is 2.62. The van der Waals surface area contributed by atoms with Crippen molar-refractivity contribution in [2.75, 3.05) is 14.1 Å². The molecule has 1 radical (unpaired) electrons. The Hall–Kier alpha value is -0.990. The average Bonchev–Trinajstić information content (AvgIpc) is 1.63. The van der Waals surface area contributed by atoms with Crippen LogP contribution in [0.3, 0.4) is 0 Å². The highest BCUT2D eigenvalue weighted by atomic mass is 16.2.